The summed E-state index contributed by atoms with van der Waals surface area (Å²) in [6.07, 6.45) is 0. The fourth-order valence-corrected chi connectivity index (χ4v) is 3.08. The molecule has 0 radical (unpaired) electrons. The number of rotatable bonds is 5. The monoisotopic (exact) mass is 387 g/mol. The van der Waals surface area contributed by atoms with E-state index in [1.807, 2.05) is 72.8 Å². The summed E-state index contributed by atoms with van der Waals surface area (Å²) in [5.41, 5.74) is 2.45. The van der Waals surface area contributed by atoms with Crippen molar-refractivity contribution >= 4 is 16.7 Å². The fourth-order valence-electron chi connectivity index (χ4n) is 3.08. The third kappa shape index (κ3) is 3.94. The minimum absolute atomic E-state index is 0.715. The van der Waals surface area contributed by atoms with Crippen LogP contribution < -0.4 is 19.6 Å². The molecular weight excluding hydrogens is 366 g/mol. The second-order valence-corrected chi connectivity index (χ2v) is 6.40. The molecule has 5 heteroatoms. The van der Waals surface area contributed by atoms with E-state index in [1.54, 1.807) is 21.3 Å². The lowest BCUT2D eigenvalue weighted by molar-refractivity contribution is 0.414. The van der Waals surface area contributed by atoms with E-state index in [9.17, 15) is 0 Å². The van der Waals surface area contributed by atoms with Crippen LogP contribution in [0.3, 0.4) is 0 Å². The first-order valence-corrected chi connectivity index (χ1v) is 9.15. The summed E-state index contributed by atoms with van der Waals surface area (Å²) in [4.78, 5) is 4.85. The maximum Gasteiger partial charge on any atom is 0.137 e. The van der Waals surface area contributed by atoms with Crippen LogP contribution in [0, 0.1) is 0 Å². The predicted octanol–water partition coefficient (Wildman–Crippen LogP) is 5.36. The van der Waals surface area contributed by atoms with Gasteiger partial charge < -0.3 is 18.6 Å². The van der Waals surface area contributed by atoms with E-state index in [2.05, 4.69) is 0 Å². The Kier molecular flexibility index (Phi) is 5.20. The third-order valence-corrected chi connectivity index (χ3v) is 4.63. The Labute approximate surface area is 168 Å². The van der Waals surface area contributed by atoms with Crippen molar-refractivity contribution in [1.29, 1.82) is 0 Å². The van der Waals surface area contributed by atoms with Crippen molar-refractivity contribution in [3.8, 4) is 28.6 Å². The SMILES string of the molecule is COc1ccc(-c2cc(=Nc3cccc(OC)c3)c3cc(OC)ccc3o2)cc1. The van der Waals surface area contributed by atoms with Gasteiger partial charge in [0.25, 0.3) is 0 Å². The van der Waals surface area contributed by atoms with Crippen molar-refractivity contribution in [3.05, 3.63) is 78.2 Å². The predicted molar refractivity (Wildman–Crippen MR) is 113 cm³/mol. The van der Waals surface area contributed by atoms with Crippen molar-refractivity contribution < 1.29 is 18.6 Å². The van der Waals surface area contributed by atoms with Gasteiger partial charge >= 0.3 is 0 Å². The second kappa shape index (κ2) is 8.10. The number of hydrogen-bond acceptors (Lipinski definition) is 5. The van der Waals surface area contributed by atoms with E-state index in [4.69, 9.17) is 23.6 Å². The molecule has 0 unspecified atom stereocenters. The zero-order valence-corrected chi connectivity index (χ0v) is 16.5. The Morgan fingerprint density at radius 2 is 1.38 bits per heavy atom. The van der Waals surface area contributed by atoms with Gasteiger partial charge in [0.05, 0.1) is 32.4 Å². The summed E-state index contributed by atoms with van der Waals surface area (Å²) in [5.74, 6) is 3.00. The highest BCUT2D eigenvalue weighted by molar-refractivity contribution is 5.80. The van der Waals surface area contributed by atoms with Gasteiger partial charge in [-0.2, -0.15) is 0 Å². The number of methoxy groups -OCH3 is 3. The van der Waals surface area contributed by atoms with Crippen LogP contribution in [0.4, 0.5) is 5.69 Å². The highest BCUT2D eigenvalue weighted by Crippen LogP contribution is 2.27. The van der Waals surface area contributed by atoms with Gasteiger partial charge in [0.1, 0.15) is 28.6 Å². The van der Waals surface area contributed by atoms with Gasteiger partial charge in [-0.25, -0.2) is 4.99 Å². The molecule has 0 aliphatic rings. The largest absolute Gasteiger partial charge is 0.497 e. The lowest BCUT2D eigenvalue weighted by Crippen LogP contribution is -2.03. The van der Waals surface area contributed by atoms with Gasteiger partial charge in [-0.15, -0.1) is 0 Å². The van der Waals surface area contributed by atoms with Crippen LogP contribution in [0.5, 0.6) is 17.2 Å². The van der Waals surface area contributed by atoms with E-state index in [0.717, 1.165) is 44.8 Å². The van der Waals surface area contributed by atoms with E-state index >= 15 is 0 Å². The summed E-state index contributed by atoms with van der Waals surface area (Å²) < 4.78 is 22.1. The van der Waals surface area contributed by atoms with Crippen molar-refractivity contribution in [3.63, 3.8) is 0 Å². The number of fused-ring (bicyclic) bond motifs is 1. The molecule has 0 spiro atoms. The van der Waals surface area contributed by atoms with Crippen molar-refractivity contribution in [2.75, 3.05) is 21.3 Å². The zero-order chi connectivity index (χ0) is 20.2. The highest BCUT2D eigenvalue weighted by Gasteiger charge is 2.08. The quantitative estimate of drug-likeness (QED) is 0.463. The fraction of sp³-hybridized carbons (Fsp3) is 0.125. The van der Waals surface area contributed by atoms with Gasteiger partial charge in [-0.1, -0.05) is 6.07 Å². The molecule has 29 heavy (non-hydrogen) atoms. The Morgan fingerprint density at radius 1 is 0.690 bits per heavy atom. The Hall–Kier alpha value is -3.73. The Bertz CT molecular complexity index is 1210. The topological polar surface area (TPSA) is 53.2 Å². The minimum Gasteiger partial charge on any atom is -0.497 e. The van der Waals surface area contributed by atoms with Gasteiger partial charge in [0.15, 0.2) is 0 Å². The van der Waals surface area contributed by atoms with Crippen LogP contribution in [0.1, 0.15) is 0 Å². The Balaban J connectivity index is 1.94. The normalized spacial score (nSPS) is 11.5. The molecule has 4 aromatic rings. The number of nitrogens with zero attached hydrogens (tertiary/aromatic N) is 1. The molecular formula is C24H21NO4. The smallest absolute Gasteiger partial charge is 0.137 e. The number of ether oxygens (including phenoxy) is 3. The molecule has 0 bridgehead atoms. The standard InChI is InChI=1S/C24H21NO4/c1-26-18-9-7-16(8-10-18)24-15-22(25-17-5-4-6-19(13-17)27-2)21-14-20(28-3)11-12-23(21)29-24/h4-15H,1-3H3. The lowest BCUT2D eigenvalue weighted by atomic mass is 10.1. The molecule has 0 aliphatic heterocycles. The first-order valence-electron chi connectivity index (χ1n) is 9.15. The highest BCUT2D eigenvalue weighted by atomic mass is 16.5. The average molecular weight is 387 g/mol. The molecule has 0 atom stereocenters. The maximum absolute atomic E-state index is 6.16. The number of hydrogen-bond donors (Lipinski definition) is 0. The third-order valence-electron chi connectivity index (χ3n) is 4.63. The van der Waals surface area contributed by atoms with Gasteiger partial charge in [0.2, 0.25) is 0 Å². The lowest BCUT2D eigenvalue weighted by Gasteiger charge is -2.08. The average Bonchev–Trinajstić information content (AvgIpc) is 2.79. The summed E-state index contributed by atoms with van der Waals surface area (Å²) in [6, 6.07) is 23.0. The first kappa shape index (κ1) is 18.6. The molecule has 0 saturated carbocycles. The van der Waals surface area contributed by atoms with Crippen LogP contribution in [-0.4, -0.2) is 21.3 Å². The van der Waals surface area contributed by atoms with Crippen molar-refractivity contribution in [2.45, 2.75) is 0 Å². The van der Waals surface area contributed by atoms with E-state index in [0.29, 0.717) is 5.76 Å². The van der Waals surface area contributed by atoms with Crippen LogP contribution in [0.2, 0.25) is 0 Å². The second-order valence-electron chi connectivity index (χ2n) is 6.40. The maximum atomic E-state index is 6.16. The first-order chi connectivity index (χ1) is 14.2. The van der Waals surface area contributed by atoms with E-state index in [-0.39, 0.29) is 0 Å². The van der Waals surface area contributed by atoms with Crippen molar-refractivity contribution in [1.82, 2.24) is 0 Å². The molecule has 3 aromatic carbocycles. The van der Waals surface area contributed by atoms with Gasteiger partial charge in [-0.3, -0.25) is 0 Å². The Morgan fingerprint density at radius 3 is 2.10 bits per heavy atom. The number of benzene rings is 3. The molecule has 1 heterocycles. The molecule has 0 fully saturated rings. The summed E-state index contributed by atoms with van der Waals surface area (Å²) in [6.45, 7) is 0. The molecule has 0 saturated heterocycles. The zero-order valence-electron chi connectivity index (χ0n) is 16.5. The van der Waals surface area contributed by atoms with E-state index < -0.39 is 0 Å². The molecule has 5 nitrogen and oxygen atoms in total. The van der Waals surface area contributed by atoms with E-state index in [1.165, 1.54) is 0 Å². The summed E-state index contributed by atoms with van der Waals surface area (Å²) in [5, 5.41) is 1.65. The summed E-state index contributed by atoms with van der Waals surface area (Å²) in [7, 11) is 4.93. The van der Waals surface area contributed by atoms with Crippen LogP contribution in [0.25, 0.3) is 22.3 Å². The van der Waals surface area contributed by atoms with Crippen LogP contribution >= 0.6 is 0 Å². The van der Waals surface area contributed by atoms with Crippen LogP contribution in [0.15, 0.2) is 82.2 Å². The molecule has 146 valence electrons. The van der Waals surface area contributed by atoms with Crippen molar-refractivity contribution in [2.24, 2.45) is 4.99 Å². The van der Waals surface area contributed by atoms with Crippen LogP contribution in [-0.2, 0) is 0 Å². The molecule has 1 aromatic heterocycles. The summed E-state index contributed by atoms with van der Waals surface area (Å²) >= 11 is 0. The molecule has 0 aliphatic carbocycles. The van der Waals surface area contributed by atoms with Gasteiger partial charge in [0, 0.05) is 23.1 Å². The van der Waals surface area contributed by atoms with Gasteiger partial charge in [-0.05, 0) is 54.6 Å². The molecule has 0 N–H and O–H groups in total. The molecule has 4 rings (SSSR count). The molecule has 0 amide bonds. The minimum atomic E-state index is 0.715.